The van der Waals surface area contributed by atoms with Crippen LogP contribution in [-0.2, 0) is 11.4 Å². The molecule has 0 atom stereocenters. The van der Waals surface area contributed by atoms with Crippen molar-refractivity contribution < 1.29 is 18.8 Å². The van der Waals surface area contributed by atoms with Gasteiger partial charge < -0.3 is 15.4 Å². The maximum Gasteiger partial charge on any atom is 0.278 e. The molecule has 3 heterocycles. The molecule has 0 radical (unpaired) electrons. The molecule has 0 aliphatic heterocycles. The second-order valence-electron chi connectivity index (χ2n) is 8.54. The Morgan fingerprint density at radius 2 is 1.85 bits per heavy atom. The van der Waals surface area contributed by atoms with E-state index in [0.717, 1.165) is 12.1 Å². The van der Waals surface area contributed by atoms with Crippen LogP contribution in [0.3, 0.4) is 0 Å². The smallest absolute Gasteiger partial charge is 0.278 e. The quantitative estimate of drug-likeness (QED) is 0.236. The zero-order chi connectivity index (χ0) is 27.9. The summed E-state index contributed by atoms with van der Waals surface area (Å²) in [6.45, 7) is 8.35. The number of benzene rings is 1. The number of halogens is 1. The number of carbonyl (C=O) groups excluding carboxylic acids is 1. The van der Waals surface area contributed by atoms with Crippen molar-refractivity contribution in [3.8, 4) is 17.1 Å². The van der Waals surface area contributed by atoms with Crippen LogP contribution in [0.4, 0.5) is 27.4 Å². The normalized spacial score (nSPS) is 10.8. The van der Waals surface area contributed by atoms with Gasteiger partial charge in [-0.2, -0.15) is 5.10 Å². The molecule has 12 nitrogen and oxygen atoms in total. The fourth-order valence-corrected chi connectivity index (χ4v) is 3.89. The van der Waals surface area contributed by atoms with E-state index in [2.05, 4.69) is 41.1 Å². The van der Waals surface area contributed by atoms with E-state index in [1.54, 1.807) is 37.0 Å². The van der Waals surface area contributed by atoms with Gasteiger partial charge in [0, 0.05) is 36.6 Å². The highest BCUT2D eigenvalue weighted by molar-refractivity contribution is 6.00. The van der Waals surface area contributed by atoms with Crippen LogP contribution in [0.5, 0.6) is 5.75 Å². The average molecular weight is 536 g/mol. The topological polar surface area (TPSA) is 141 Å². The van der Waals surface area contributed by atoms with E-state index in [-0.39, 0.29) is 17.9 Å². The van der Waals surface area contributed by atoms with E-state index < -0.39 is 11.7 Å². The van der Waals surface area contributed by atoms with Gasteiger partial charge in [0.15, 0.2) is 11.6 Å². The van der Waals surface area contributed by atoms with E-state index >= 15 is 0 Å². The van der Waals surface area contributed by atoms with Gasteiger partial charge in [-0.3, -0.25) is 14.3 Å². The molecular weight excluding hydrogens is 505 g/mol. The molecule has 39 heavy (non-hydrogen) atoms. The first-order valence-corrected chi connectivity index (χ1v) is 12.4. The summed E-state index contributed by atoms with van der Waals surface area (Å²) >= 11 is 0. The number of aryl methyl sites for hydroxylation is 3. The van der Waals surface area contributed by atoms with E-state index in [1.165, 1.54) is 25.4 Å². The lowest BCUT2D eigenvalue weighted by molar-refractivity contribution is 0.0365. The molecule has 0 aliphatic rings. The Labute approximate surface area is 225 Å². The van der Waals surface area contributed by atoms with Crippen molar-refractivity contribution in [1.82, 2.24) is 35.2 Å². The first-order chi connectivity index (χ1) is 18.8. The number of aromatic nitrogens is 6. The van der Waals surface area contributed by atoms with Gasteiger partial charge in [-0.1, -0.05) is 6.92 Å². The van der Waals surface area contributed by atoms with Gasteiger partial charge in [0.1, 0.15) is 29.6 Å². The molecule has 0 unspecified atom stereocenters. The van der Waals surface area contributed by atoms with Crippen LogP contribution < -0.4 is 20.9 Å². The van der Waals surface area contributed by atoms with Gasteiger partial charge in [0.2, 0.25) is 0 Å². The summed E-state index contributed by atoms with van der Waals surface area (Å²) in [5, 5.41) is 10.7. The van der Waals surface area contributed by atoms with Crippen LogP contribution >= 0.6 is 0 Å². The summed E-state index contributed by atoms with van der Waals surface area (Å²) in [4.78, 5) is 35.3. The molecule has 4 aromatic rings. The van der Waals surface area contributed by atoms with E-state index in [4.69, 9.17) is 9.57 Å². The maximum atomic E-state index is 14.9. The van der Waals surface area contributed by atoms with Crippen molar-refractivity contribution in [1.29, 1.82) is 0 Å². The molecule has 0 saturated heterocycles. The fraction of sp³-hybridized carbons (Fsp3) is 0.308. The molecule has 13 heteroatoms. The Morgan fingerprint density at radius 3 is 2.56 bits per heavy atom. The molecule has 3 aromatic heterocycles. The average Bonchev–Trinajstić information content (AvgIpc) is 3.35. The molecule has 4 rings (SSSR count). The number of rotatable bonds is 11. The van der Waals surface area contributed by atoms with Crippen LogP contribution in [0.15, 0.2) is 36.8 Å². The molecule has 1 aromatic carbocycles. The Balaban J connectivity index is 1.76. The van der Waals surface area contributed by atoms with Crippen LogP contribution in [0.2, 0.25) is 0 Å². The minimum absolute atomic E-state index is 0.155. The molecule has 204 valence electrons. The zero-order valence-corrected chi connectivity index (χ0v) is 22.4. The minimum atomic E-state index is -0.542. The number of nitrogens with one attached hydrogen (secondary N) is 3. The molecule has 0 spiro atoms. The van der Waals surface area contributed by atoms with E-state index in [0.29, 0.717) is 46.8 Å². The number of hydroxylamine groups is 1. The van der Waals surface area contributed by atoms with Gasteiger partial charge in [-0.15, -0.1) is 0 Å². The van der Waals surface area contributed by atoms with Crippen LogP contribution in [-0.4, -0.2) is 49.3 Å². The summed E-state index contributed by atoms with van der Waals surface area (Å²) in [5.41, 5.74) is 4.23. The lowest BCUT2D eigenvalue weighted by Gasteiger charge is -2.17. The van der Waals surface area contributed by atoms with Gasteiger partial charge in [-0.25, -0.2) is 29.8 Å². The minimum Gasteiger partial charge on any atom is -0.494 e. The van der Waals surface area contributed by atoms with Gasteiger partial charge in [0.05, 0.1) is 36.2 Å². The summed E-state index contributed by atoms with van der Waals surface area (Å²) in [6.07, 6.45) is 3.83. The predicted octanol–water partition coefficient (Wildman–Crippen LogP) is 4.47. The van der Waals surface area contributed by atoms with Crippen LogP contribution in [0.25, 0.3) is 11.4 Å². The monoisotopic (exact) mass is 535 g/mol. The van der Waals surface area contributed by atoms with Crippen LogP contribution in [0.1, 0.15) is 42.1 Å². The first kappa shape index (κ1) is 27.4. The molecule has 3 N–H and O–H groups in total. The van der Waals surface area contributed by atoms with Crippen molar-refractivity contribution in [3.63, 3.8) is 0 Å². The molecule has 1 amide bonds. The van der Waals surface area contributed by atoms with Crippen molar-refractivity contribution in [2.45, 2.75) is 40.7 Å². The third-order valence-electron chi connectivity index (χ3n) is 5.44. The van der Waals surface area contributed by atoms with E-state index in [9.17, 15) is 9.18 Å². The number of carbonyl (C=O) groups is 1. The van der Waals surface area contributed by atoms with Crippen molar-refractivity contribution >= 4 is 28.9 Å². The summed E-state index contributed by atoms with van der Waals surface area (Å²) in [6, 6.07) is 5.94. The second kappa shape index (κ2) is 12.3. The van der Waals surface area contributed by atoms with Gasteiger partial charge >= 0.3 is 0 Å². The number of amides is 1. The maximum absolute atomic E-state index is 14.9. The number of ether oxygens (including phenoxy) is 1. The van der Waals surface area contributed by atoms with E-state index in [1.807, 2.05) is 13.8 Å². The molecule has 0 aliphatic carbocycles. The highest BCUT2D eigenvalue weighted by Crippen LogP contribution is 2.38. The SMILES string of the molecule is CCCn1cnc(-c2cc(F)cc(Nc3cc(Nc4cc(C)nc(C)n4)ncc3C(=O)NOCC)c2OC)n1. The number of methoxy groups -OCH3 is 1. The number of nitrogens with zero attached hydrogens (tertiary/aromatic N) is 6. The summed E-state index contributed by atoms with van der Waals surface area (Å²) < 4.78 is 22.2. The highest BCUT2D eigenvalue weighted by atomic mass is 19.1. The Morgan fingerprint density at radius 1 is 1.03 bits per heavy atom. The first-order valence-electron chi connectivity index (χ1n) is 12.4. The molecule has 0 fully saturated rings. The molecule has 0 bridgehead atoms. The third-order valence-corrected chi connectivity index (χ3v) is 5.44. The van der Waals surface area contributed by atoms with Crippen molar-refractivity contribution in [2.24, 2.45) is 0 Å². The predicted molar refractivity (Wildman–Crippen MR) is 144 cm³/mol. The Kier molecular flexibility index (Phi) is 8.61. The number of pyridine rings is 1. The van der Waals surface area contributed by atoms with Crippen molar-refractivity contribution in [3.05, 3.63) is 59.7 Å². The fourth-order valence-electron chi connectivity index (χ4n) is 3.89. The zero-order valence-electron chi connectivity index (χ0n) is 22.4. The third kappa shape index (κ3) is 6.62. The Bertz CT molecular complexity index is 1460. The van der Waals surface area contributed by atoms with Gasteiger partial charge in [-0.05, 0) is 33.3 Å². The lowest BCUT2D eigenvalue weighted by Crippen LogP contribution is -2.24. The Hall–Kier alpha value is -4.65. The number of hydrogen-bond donors (Lipinski definition) is 3. The summed E-state index contributed by atoms with van der Waals surface area (Å²) in [7, 11) is 1.47. The largest absolute Gasteiger partial charge is 0.494 e. The van der Waals surface area contributed by atoms with Gasteiger partial charge in [0.25, 0.3) is 5.91 Å². The van der Waals surface area contributed by atoms with Crippen LogP contribution in [0, 0.1) is 19.7 Å². The molecule has 0 saturated carbocycles. The highest BCUT2D eigenvalue weighted by Gasteiger charge is 2.20. The standard InChI is InChI=1S/C26H30FN9O3/c1-6-8-36-14-29-25(34-36)18-10-17(27)11-21(24(18)38-5)32-20-12-22(28-13-19(20)26(37)35-39-7-2)33-23-9-15(3)30-16(4)31-23/h9-14H,6-8H2,1-5H3,(H,35,37)(H2,28,30,31,32,33). The number of hydrogen-bond acceptors (Lipinski definition) is 10. The molecular formula is C26H30FN9O3. The lowest BCUT2D eigenvalue weighted by atomic mass is 10.1. The summed E-state index contributed by atoms with van der Waals surface area (Å²) in [5.74, 6) is 1.04. The number of anilines is 4. The second-order valence-corrected chi connectivity index (χ2v) is 8.54. The van der Waals surface area contributed by atoms with Crippen molar-refractivity contribution in [2.75, 3.05) is 24.4 Å².